The molecule has 1 fully saturated rings. The fourth-order valence-corrected chi connectivity index (χ4v) is 1.55. The van der Waals surface area contributed by atoms with E-state index >= 15 is 0 Å². The standard InChI is InChI=1S/C8H8ClN3O.C6H7N/c9-6-3-7(11-4-10-6)12-8(13)5-1-2-5;1-6-2-4-7-5-3-6/h3-5H,1-2H2,(H,10,11,12,13);2-5H,1H3. The average molecular weight is 291 g/mol. The lowest BCUT2D eigenvalue weighted by Gasteiger charge is -2.01. The Balaban J connectivity index is 0.000000178. The fourth-order valence-electron chi connectivity index (χ4n) is 1.40. The Morgan fingerprint density at radius 3 is 2.50 bits per heavy atom. The zero-order valence-corrected chi connectivity index (χ0v) is 11.8. The quantitative estimate of drug-likeness (QED) is 0.864. The van der Waals surface area contributed by atoms with Crippen LogP contribution in [-0.4, -0.2) is 20.9 Å². The maximum absolute atomic E-state index is 11.3. The van der Waals surface area contributed by atoms with Crippen molar-refractivity contribution < 1.29 is 4.79 Å². The maximum Gasteiger partial charge on any atom is 0.228 e. The summed E-state index contributed by atoms with van der Waals surface area (Å²) in [6.45, 7) is 2.04. The van der Waals surface area contributed by atoms with E-state index in [0.29, 0.717) is 11.0 Å². The highest BCUT2D eigenvalue weighted by molar-refractivity contribution is 6.29. The van der Waals surface area contributed by atoms with Crippen molar-refractivity contribution in [2.75, 3.05) is 5.32 Å². The number of aryl methyl sites for hydroxylation is 1. The summed E-state index contributed by atoms with van der Waals surface area (Å²) in [6, 6.07) is 5.47. The van der Waals surface area contributed by atoms with E-state index in [0.717, 1.165) is 12.8 Å². The molecule has 3 rings (SSSR count). The van der Waals surface area contributed by atoms with Gasteiger partial charge in [-0.1, -0.05) is 11.6 Å². The van der Waals surface area contributed by atoms with Gasteiger partial charge < -0.3 is 5.32 Å². The number of hydrogen-bond donors (Lipinski definition) is 1. The van der Waals surface area contributed by atoms with E-state index < -0.39 is 0 Å². The molecule has 1 aliphatic rings. The van der Waals surface area contributed by atoms with Gasteiger partial charge in [0.1, 0.15) is 17.3 Å². The molecule has 2 heterocycles. The van der Waals surface area contributed by atoms with Crippen molar-refractivity contribution in [2.45, 2.75) is 19.8 Å². The number of pyridine rings is 1. The van der Waals surface area contributed by atoms with Crippen molar-refractivity contribution in [3.05, 3.63) is 47.6 Å². The van der Waals surface area contributed by atoms with Crippen molar-refractivity contribution in [3.8, 4) is 0 Å². The molecule has 0 unspecified atom stereocenters. The number of anilines is 1. The minimum absolute atomic E-state index is 0.0229. The van der Waals surface area contributed by atoms with Crippen molar-refractivity contribution in [1.82, 2.24) is 15.0 Å². The molecule has 104 valence electrons. The minimum atomic E-state index is 0.0229. The summed E-state index contributed by atoms with van der Waals surface area (Å²) in [5, 5.41) is 3.00. The summed E-state index contributed by atoms with van der Waals surface area (Å²) in [6.07, 6.45) is 6.85. The third-order valence-corrected chi connectivity index (χ3v) is 2.89. The molecule has 6 heteroatoms. The summed E-state index contributed by atoms with van der Waals surface area (Å²) in [7, 11) is 0. The normalized spacial score (nSPS) is 13.1. The molecule has 0 aliphatic heterocycles. The highest BCUT2D eigenvalue weighted by Gasteiger charge is 2.29. The predicted molar refractivity (Wildman–Crippen MR) is 77.4 cm³/mol. The van der Waals surface area contributed by atoms with Gasteiger partial charge in [0.25, 0.3) is 0 Å². The molecule has 1 N–H and O–H groups in total. The molecule has 2 aromatic heterocycles. The highest BCUT2D eigenvalue weighted by atomic mass is 35.5. The van der Waals surface area contributed by atoms with E-state index in [1.807, 2.05) is 19.1 Å². The largest absolute Gasteiger partial charge is 0.310 e. The zero-order valence-electron chi connectivity index (χ0n) is 11.1. The summed E-state index contributed by atoms with van der Waals surface area (Å²) >= 11 is 5.62. The maximum atomic E-state index is 11.3. The van der Waals surface area contributed by atoms with E-state index in [-0.39, 0.29) is 11.8 Å². The number of carbonyl (C=O) groups is 1. The van der Waals surface area contributed by atoms with E-state index in [4.69, 9.17) is 11.6 Å². The first kappa shape index (κ1) is 14.4. The van der Waals surface area contributed by atoms with E-state index in [1.165, 1.54) is 18.0 Å². The monoisotopic (exact) mass is 290 g/mol. The van der Waals surface area contributed by atoms with E-state index in [2.05, 4.69) is 20.3 Å². The third kappa shape index (κ3) is 4.93. The summed E-state index contributed by atoms with van der Waals surface area (Å²) in [5.74, 6) is 0.667. The number of amides is 1. The fraction of sp³-hybridized carbons (Fsp3) is 0.286. The first-order chi connectivity index (χ1) is 9.65. The predicted octanol–water partition coefficient (Wildman–Crippen LogP) is 2.87. The lowest BCUT2D eigenvalue weighted by atomic mass is 10.3. The Labute approximate surface area is 122 Å². The molecule has 0 aromatic carbocycles. The number of hydrogen-bond acceptors (Lipinski definition) is 4. The molecule has 1 amide bonds. The molecule has 0 atom stereocenters. The van der Waals surface area contributed by atoms with Gasteiger partial charge in [-0.05, 0) is 37.5 Å². The minimum Gasteiger partial charge on any atom is -0.310 e. The Kier molecular flexibility index (Phi) is 5.01. The van der Waals surface area contributed by atoms with Gasteiger partial charge in [0, 0.05) is 24.4 Å². The number of carbonyl (C=O) groups excluding carboxylic acids is 1. The van der Waals surface area contributed by atoms with Crippen LogP contribution in [0.3, 0.4) is 0 Å². The Bertz CT molecular complexity index is 572. The Morgan fingerprint density at radius 2 is 2.00 bits per heavy atom. The molecule has 5 nitrogen and oxygen atoms in total. The van der Waals surface area contributed by atoms with E-state index in [1.54, 1.807) is 12.4 Å². The van der Waals surface area contributed by atoms with Crippen LogP contribution in [0, 0.1) is 12.8 Å². The van der Waals surface area contributed by atoms with Crippen LogP contribution < -0.4 is 5.32 Å². The van der Waals surface area contributed by atoms with Crippen molar-refractivity contribution in [3.63, 3.8) is 0 Å². The number of halogens is 1. The molecule has 20 heavy (non-hydrogen) atoms. The van der Waals surface area contributed by atoms with Crippen LogP contribution in [0.4, 0.5) is 5.82 Å². The van der Waals surface area contributed by atoms with Crippen molar-refractivity contribution in [1.29, 1.82) is 0 Å². The molecule has 1 saturated carbocycles. The van der Waals surface area contributed by atoms with Gasteiger partial charge in [0.05, 0.1) is 0 Å². The Morgan fingerprint density at radius 1 is 1.30 bits per heavy atom. The molecule has 0 radical (unpaired) electrons. The second kappa shape index (κ2) is 6.96. The molecular formula is C14H15ClN4O. The summed E-state index contributed by atoms with van der Waals surface area (Å²) in [5.41, 5.74) is 1.26. The van der Waals surface area contributed by atoms with Crippen LogP contribution in [0.5, 0.6) is 0 Å². The summed E-state index contributed by atoms with van der Waals surface area (Å²) < 4.78 is 0. The second-order valence-electron chi connectivity index (χ2n) is 4.51. The topological polar surface area (TPSA) is 67.8 Å². The molecule has 0 saturated heterocycles. The summed E-state index contributed by atoms with van der Waals surface area (Å²) in [4.78, 5) is 22.7. The highest BCUT2D eigenvalue weighted by Crippen LogP contribution is 2.29. The lowest BCUT2D eigenvalue weighted by Crippen LogP contribution is -2.14. The van der Waals surface area contributed by atoms with Crippen LogP contribution >= 0.6 is 11.6 Å². The smallest absolute Gasteiger partial charge is 0.228 e. The van der Waals surface area contributed by atoms with Crippen molar-refractivity contribution >= 4 is 23.3 Å². The van der Waals surface area contributed by atoms with Crippen LogP contribution in [0.25, 0.3) is 0 Å². The Hall–Kier alpha value is -2.01. The first-order valence-electron chi connectivity index (χ1n) is 6.30. The average Bonchev–Trinajstić information content (AvgIpc) is 3.24. The molecule has 2 aromatic rings. The van der Waals surface area contributed by atoms with Gasteiger partial charge in [0.15, 0.2) is 0 Å². The number of rotatable bonds is 2. The molecule has 0 spiro atoms. The van der Waals surface area contributed by atoms with Crippen LogP contribution in [-0.2, 0) is 4.79 Å². The van der Waals surface area contributed by atoms with Crippen LogP contribution in [0.15, 0.2) is 36.9 Å². The first-order valence-corrected chi connectivity index (χ1v) is 6.68. The third-order valence-electron chi connectivity index (χ3n) is 2.68. The molecule has 1 aliphatic carbocycles. The van der Waals surface area contributed by atoms with Gasteiger partial charge in [-0.3, -0.25) is 9.78 Å². The van der Waals surface area contributed by atoms with Crippen LogP contribution in [0.2, 0.25) is 5.15 Å². The second-order valence-corrected chi connectivity index (χ2v) is 4.90. The number of nitrogens with one attached hydrogen (secondary N) is 1. The zero-order chi connectivity index (χ0) is 14.4. The number of aromatic nitrogens is 3. The van der Waals surface area contributed by atoms with Gasteiger partial charge >= 0.3 is 0 Å². The lowest BCUT2D eigenvalue weighted by molar-refractivity contribution is -0.117. The van der Waals surface area contributed by atoms with Gasteiger partial charge in [-0.25, -0.2) is 9.97 Å². The van der Waals surface area contributed by atoms with Gasteiger partial charge in [0.2, 0.25) is 5.91 Å². The number of nitrogens with zero attached hydrogens (tertiary/aromatic N) is 3. The SMILES string of the molecule is Cc1ccncc1.O=C(Nc1cc(Cl)ncn1)C1CC1. The van der Waals surface area contributed by atoms with E-state index in [9.17, 15) is 4.79 Å². The molecule has 0 bridgehead atoms. The van der Waals surface area contributed by atoms with Crippen molar-refractivity contribution in [2.24, 2.45) is 5.92 Å². The molecular weight excluding hydrogens is 276 g/mol. The van der Waals surface area contributed by atoms with Gasteiger partial charge in [-0.2, -0.15) is 0 Å². The van der Waals surface area contributed by atoms with Gasteiger partial charge in [-0.15, -0.1) is 0 Å². The van der Waals surface area contributed by atoms with Crippen LogP contribution in [0.1, 0.15) is 18.4 Å².